The van der Waals surface area contributed by atoms with E-state index in [1.165, 1.54) is 12.1 Å². The Morgan fingerprint density at radius 3 is 2.26 bits per heavy atom. The molecule has 0 saturated heterocycles. The highest BCUT2D eigenvalue weighted by Crippen LogP contribution is 2.19. The lowest BCUT2D eigenvalue weighted by Gasteiger charge is -2.13. The Labute approximate surface area is 110 Å². The number of hydrogen-bond donors (Lipinski definition) is 2. The molecule has 0 amide bonds. The lowest BCUT2D eigenvalue weighted by Crippen LogP contribution is -2.08. The van der Waals surface area contributed by atoms with Crippen LogP contribution >= 0.6 is 0 Å². The first-order valence-corrected chi connectivity index (χ1v) is 5.75. The smallest absolute Gasteiger partial charge is 0.335 e. The van der Waals surface area contributed by atoms with Crippen molar-refractivity contribution in [3.8, 4) is 6.07 Å². The van der Waals surface area contributed by atoms with Gasteiger partial charge >= 0.3 is 5.97 Å². The molecule has 0 bridgehead atoms. The fraction of sp³-hybridized carbons (Fsp3) is 0.0667. The highest BCUT2D eigenvalue weighted by atomic mass is 16.4. The number of nitrogens with one attached hydrogen (secondary N) is 1. The Hall–Kier alpha value is -2.80. The number of hydrogen-bond acceptors (Lipinski definition) is 3. The van der Waals surface area contributed by atoms with Gasteiger partial charge in [-0.2, -0.15) is 5.26 Å². The van der Waals surface area contributed by atoms with Crippen molar-refractivity contribution >= 4 is 11.7 Å². The number of benzene rings is 2. The SMILES string of the molecule is N#CC(Nc1ccccc1)c1ccc(C(=O)O)cc1. The first-order valence-electron chi connectivity index (χ1n) is 5.75. The van der Waals surface area contributed by atoms with E-state index < -0.39 is 12.0 Å². The first-order chi connectivity index (χ1) is 9.20. The van der Waals surface area contributed by atoms with Crippen LogP contribution in [0.2, 0.25) is 0 Å². The van der Waals surface area contributed by atoms with Crippen molar-refractivity contribution in [1.29, 1.82) is 5.26 Å². The average molecular weight is 252 g/mol. The maximum atomic E-state index is 10.8. The molecular weight excluding hydrogens is 240 g/mol. The van der Waals surface area contributed by atoms with Gasteiger partial charge in [0.25, 0.3) is 0 Å². The van der Waals surface area contributed by atoms with Gasteiger partial charge in [0.15, 0.2) is 0 Å². The number of para-hydroxylation sites is 1. The van der Waals surface area contributed by atoms with E-state index in [4.69, 9.17) is 5.11 Å². The maximum absolute atomic E-state index is 10.8. The van der Waals surface area contributed by atoms with E-state index in [0.29, 0.717) is 0 Å². The van der Waals surface area contributed by atoms with Crippen LogP contribution in [0.15, 0.2) is 54.6 Å². The molecule has 0 aromatic heterocycles. The Morgan fingerprint density at radius 1 is 1.11 bits per heavy atom. The van der Waals surface area contributed by atoms with Crippen LogP contribution in [0.5, 0.6) is 0 Å². The molecule has 0 fully saturated rings. The van der Waals surface area contributed by atoms with Gasteiger partial charge in [-0.25, -0.2) is 4.79 Å². The molecule has 4 heteroatoms. The number of anilines is 1. The van der Waals surface area contributed by atoms with E-state index >= 15 is 0 Å². The van der Waals surface area contributed by atoms with E-state index in [1.54, 1.807) is 12.1 Å². The van der Waals surface area contributed by atoms with Crippen LogP contribution in [0.4, 0.5) is 5.69 Å². The summed E-state index contributed by atoms with van der Waals surface area (Å²) in [6.07, 6.45) is 0. The predicted octanol–water partition coefficient (Wildman–Crippen LogP) is 3.06. The van der Waals surface area contributed by atoms with Crippen LogP contribution in [0.3, 0.4) is 0 Å². The molecule has 19 heavy (non-hydrogen) atoms. The molecular formula is C15H12N2O2. The zero-order valence-corrected chi connectivity index (χ0v) is 10.1. The second-order valence-corrected chi connectivity index (χ2v) is 4.00. The molecule has 2 rings (SSSR count). The van der Waals surface area contributed by atoms with Gasteiger partial charge in [-0.15, -0.1) is 0 Å². The van der Waals surface area contributed by atoms with Gasteiger partial charge in [-0.3, -0.25) is 0 Å². The quantitative estimate of drug-likeness (QED) is 0.877. The minimum absolute atomic E-state index is 0.208. The number of carboxylic acid groups (broad SMARTS) is 1. The van der Waals surface area contributed by atoms with Crippen molar-refractivity contribution < 1.29 is 9.90 Å². The fourth-order valence-corrected chi connectivity index (χ4v) is 1.71. The zero-order valence-electron chi connectivity index (χ0n) is 10.1. The molecule has 0 radical (unpaired) electrons. The van der Waals surface area contributed by atoms with Crippen LogP contribution in [0.25, 0.3) is 0 Å². The minimum Gasteiger partial charge on any atom is -0.478 e. The summed E-state index contributed by atoms with van der Waals surface area (Å²) in [5.41, 5.74) is 1.79. The van der Waals surface area contributed by atoms with Crippen molar-refractivity contribution in [1.82, 2.24) is 0 Å². The molecule has 0 spiro atoms. The van der Waals surface area contributed by atoms with Crippen molar-refractivity contribution in [3.05, 3.63) is 65.7 Å². The maximum Gasteiger partial charge on any atom is 0.335 e. The Bertz CT molecular complexity index is 600. The number of rotatable bonds is 4. The van der Waals surface area contributed by atoms with Crippen LogP contribution in [0.1, 0.15) is 22.0 Å². The molecule has 2 aromatic carbocycles. The van der Waals surface area contributed by atoms with Crippen molar-refractivity contribution in [2.45, 2.75) is 6.04 Å². The van der Waals surface area contributed by atoms with Crippen molar-refractivity contribution in [3.63, 3.8) is 0 Å². The standard InChI is InChI=1S/C15H12N2O2/c16-10-14(17-13-4-2-1-3-5-13)11-6-8-12(9-7-11)15(18)19/h1-9,14,17H,(H,18,19). The monoisotopic (exact) mass is 252 g/mol. The second-order valence-electron chi connectivity index (χ2n) is 4.00. The summed E-state index contributed by atoms with van der Waals surface area (Å²) in [6, 6.07) is 17.3. The number of nitriles is 1. The topological polar surface area (TPSA) is 73.1 Å². The van der Waals surface area contributed by atoms with E-state index in [9.17, 15) is 10.1 Å². The second kappa shape index (κ2) is 5.69. The third-order valence-corrected chi connectivity index (χ3v) is 2.70. The summed E-state index contributed by atoms with van der Waals surface area (Å²) in [5.74, 6) is -0.976. The fourth-order valence-electron chi connectivity index (χ4n) is 1.71. The van der Waals surface area contributed by atoms with Crippen LogP contribution in [-0.4, -0.2) is 11.1 Å². The highest BCUT2D eigenvalue weighted by molar-refractivity contribution is 5.87. The molecule has 1 atom stereocenters. The number of carbonyl (C=O) groups is 1. The van der Waals surface area contributed by atoms with E-state index in [0.717, 1.165) is 11.3 Å². The van der Waals surface area contributed by atoms with Crippen molar-refractivity contribution in [2.75, 3.05) is 5.32 Å². The molecule has 2 N–H and O–H groups in total. The molecule has 0 aliphatic heterocycles. The number of nitrogens with zero attached hydrogens (tertiary/aromatic N) is 1. The molecule has 0 aliphatic carbocycles. The zero-order chi connectivity index (χ0) is 13.7. The van der Waals surface area contributed by atoms with Crippen LogP contribution in [-0.2, 0) is 0 Å². The van der Waals surface area contributed by atoms with Gasteiger partial charge in [-0.1, -0.05) is 30.3 Å². The third kappa shape index (κ3) is 3.11. The molecule has 1 unspecified atom stereocenters. The van der Waals surface area contributed by atoms with Gasteiger partial charge in [-0.05, 0) is 29.8 Å². The van der Waals surface area contributed by atoms with Crippen LogP contribution in [0, 0.1) is 11.3 Å². The molecule has 4 nitrogen and oxygen atoms in total. The average Bonchev–Trinajstić information content (AvgIpc) is 2.46. The molecule has 2 aromatic rings. The lowest BCUT2D eigenvalue weighted by molar-refractivity contribution is 0.0697. The molecule has 0 saturated carbocycles. The first kappa shape index (κ1) is 12.7. The normalized spacial score (nSPS) is 11.3. The van der Waals surface area contributed by atoms with Gasteiger partial charge in [0, 0.05) is 5.69 Å². The minimum atomic E-state index is -0.976. The van der Waals surface area contributed by atoms with E-state index in [1.807, 2.05) is 30.3 Å². The van der Waals surface area contributed by atoms with E-state index in [-0.39, 0.29) is 5.56 Å². The Kier molecular flexibility index (Phi) is 3.79. The van der Waals surface area contributed by atoms with E-state index in [2.05, 4.69) is 11.4 Å². The summed E-state index contributed by atoms with van der Waals surface area (Å²) < 4.78 is 0. The summed E-state index contributed by atoms with van der Waals surface area (Å²) in [5, 5.41) is 21.1. The van der Waals surface area contributed by atoms with Gasteiger partial charge in [0.1, 0.15) is 6.04 Å². The van der Waals surface area contributed by atoms with Crippen LogP contribution < -0.4 is 5.32 Å². The molecule has 0 aliphatic rings. The third-order valence-electron chi connectivity index (χ3n) is 2.70. The van der Waals surface area contributed by atoms with Gasteiger partial charge in [0.2, 0.25) is 0 Å². The lowest BCUT2D eigenvalue weighted by atomic mass is 10.1. The summed E-state index contributed by atoms with van der Waals surface area (Å²) in [6.45, 7) is 0. The Morgan fingerprint density at radius 2 is 1.74 bits per heavy atom. The molecule has 94 valence electrons. The number of aromatic carboxylic acids is 1. The summed E-state index contributed by atoms with van der Waals surface area (Å²) in [4.78, 5) is 10.8. The largest absolute Gasteiger partial charge is 0.478 e. The number of carboxylic acids is 1. The Balaban J connectivity index is 2.18. The van der Waals surface area contributed by atoms with Gasteiger partial charge in [0.05, 0.1) is 11.6 Å². The summed E-state index contributed by atoms with van der Waals surface area (Å²) >= 11 is 0. The molecule has 0 heterocycles. The van der Waals surface area contributed by atoms with Crippen molar-refractivity contribution in [2.24, 2.45) is 0 Å². The summed E-state index contributed by atoms with van der Waals surface area (Å²) in [7, 11) is 0. The van der Waals surface area contributed by atoms with Gasteiger partial charge < -0.3 is 10.4 Å². The predicted molar refractivity (Wildman–Crippen MR) is 71.8 cm³/mol. The highest BCUT2D eigenvalue weighted by Gasteiger charge is 2.11.